The number of nitrogens with one attached hydrogen (secondary N) is 1. The summed E-state index contributed by atoms with van der Waals surface area (Å²) >= 11 is 0. The summed E-state index contributed by atoms with van der Waals surface area (Å²) in [7, 11) is 0. The first-order valence-corrected chi connectivity index (χ1v) is 6.67. The lowest BCUT2D eigenvalue weighted by molar-refractivity contribution is 0.0502. The molecule has 0 aromatic carbocycles. The summed E-state index contributed by atoms with van der Waals surface area (Å²) in [6, 6.07) is 0.244. The molecule has 3 N–H and O–H groups in total. The summed E-state index contributed by atoms with van der Waals surface area (Å²) in [6.45, 7) is 6.43. The van der Waals surface area contributed by atoms with Gasteiger partial charge in [-0.1, -0.05) is 25.3 Å². The van der Waals surface area contributed by atoms with Gasteiger partial charge in [0.25, 0.3) is 0 Å². The number of likely N-dealkylation sites (tertiary alicyclic amines) is 1. The zero-order valence-electron chi connectivity index (χ0n) is 10.3. The maximum absolute atomic E-state index is 5.71. The normalized spacial score (nSPS) is 27.8. The number of hydrogen-bond donors (Lipinski definition) is 2. The van der Waals surface area contributed by atoms with Crippen LogP contribution in [-0.2, 0) is 0 Å². The molecule has 0 aromatic rings. The summed E-state index contributed by atoms with van der Waals surface area (Å²) in [5.41, 5.74) is 3.23. The van der Waals surface area contributed by atoms with Crippen LogP contribution in [-0.4, -0.2) is 29.6 Å². The van der Waals surface area contributed by atoms with Crippen molar-refractivity contribution in [2.24, 2.45) is 5.84 Å². The molecule has 3 nitrogen and oxygen atoms in total. The first-order valence-electron chi connectivity index (χ1n) is 6.67. The third kappa shape index (κ3) is 2.04. The topological polar surface area (TPSA) is 41.3 Å². The zero-order chi connectivity index (χ0) is 11.4. The Kier molecular flexibility index (Phi) is 4.00. The molecule has 0 bridgehead atoms. The monoisotopic (exact) mass is 223 g/mol. The average Bonchev–Trinajstić information content (AvgIpc) is 2.82. The fraction of sp³-hybridized carbons (Fsp3) is 0.846. The van der Waals surface area contributed by atoms with E-state index in [-0.39, 0.29) is 11.6 Å². The number of nitrogens with zero attached hydrogens (tertiary/aromatic N) is 1. The third-order valence-electron chi connectivity index (χ3n) is 4.45. The van der Waals surface area contributed by atoms with E-state index < -0.39 is 0 Å². The zero-order valence-corrected chi connectivity index (χ0v) is 10.3. The van der Waals surface area contributed by atoms with E-state index in [1.165, 1.54) is 58.0 Å². The molecule has 2 fully saturated rings. The highest BCUT2D eigenvalue weighted by Crippen LogP contribution is 2.39. The summed E-state index contributed by atoms with van der Waals surface area (Å²) in [5, 5.41) is 0. The highest BCUT2D eigenvalue weighted by molar-refractivity contribution is 5.09. The molecular weight excluding hydrogens is 198 g/mol. The highest BCUT2D eigenvalue weighted by atomic mass is 15.3. The number of hydrazine groups is 1. The summed E-state index contributed by atoms with van der Waals surface area (Å²) in [5.74, 6) is 5.71. The predicted octanol–water partition coefficient (Wildman–Crippen LogP) is 1.80. The van der Waals surface area contributed by atoms with Crippen LogP contribution in [0, 0.1) is 0 Å². The van der Waals surface area contributed by atoms with Crippen LogP contribution in [0.2, 0.25) is 0 Å². The summed E-state index contributed by atoms with van der Waals surface area (Å²) in [4.78, 5) is 2.68. The van der Waals surface area contributed by atoms with Crippen molar-refractivity contribution < 1.29 is 0 Å². The number of hydrogen-bond acceptors (Lipinski definition) is 3. The molecule has 1 unspecified atom stereocenters. The van der Waals surface area contributed by atoms with Gasteiger partial charge in [-0.25, -0.2) is 0 Å². The molecule has 92 valence electrons. The van der Waals surface area contributed by atoms with Crippen LogP contribution in [0.25, 0.3) is 0 Å². The Labute approximate surface area is 99.0 Å². The van der Waals surface area contributed by atoms with Gasteiger partial charge in [-0.15, -0.1) is 6.58 Å². The van der Waals surface area contributed by atoms with Crippen LogP contribution in [0.4, 0.5) is 0 Å². The SMILES string of the molecule is C=CC(NN)C1(N2CCCCC2)CCCC1. The second-order valence-electron chi connectivity index (χ2n) is 5.24. The van der Waals surface area contributed by atoms with Crippen molar-refractivity contribution in [3.63, 3.8) is 0 Å². The lowest BCUT2D eigenvalue weighted by Gasteiger charge is -2.47. The van der Waals surface area contributed by atoms with Crippen molar-refractivity contribution in [3.8, 4) is 0 Å². The predicted molar refractivity (Wildman–Crippen MR) is 67.9 cm³/mol. The minimum Gasteiger partial charge on any atom is -0.296 e. The van der Waals surface area contributed by atoms with E-state index in [9.17, 15) is 0 Å². The maximum atomic E-state index is 5.71. The molecule has 0 aromatic heterocycles. The Morgan fingerprint density at radius 2 is 1.75 bits per heavy atom. The first kappa shape index (κ1) is 12.1. The first-order chi connectivity index (χ1) is 7.83. The van der Waals surface area contributed by atoms with E-state index in [4.69, 9.17) is 5.84 Å². The van der Waals surface area contributed by atoms with Gasteiger partial charge in [0.05, 0.1) is 6.04 Å². The lowest BCUT2D eigenvalue weighted by Crippen LogP contribution is -2.61. The largest absolute Gasteiger partial charge is 0.296 e. The van der Waals surface area contributed by atoms with Gasteiger partial charge in [0.1, 0.15) is 0 Å². The van der Waals surface area contributed by atoms with Crippen LogP contribution in [0.1, 0.15) is 44.9 Å². The molecule has 1 heterocycles. The van der Waals surface area contributed by atoms with Crippen LogP contribution in [0.3, 0.4) is 0 Å². The van der Waals surface area contributed by atoms with E-state index >= 15 is 0 Å². The van der Waals surface area contributed by atoms with Crippen molar-refractivity contribution >= 4 is 0 Å². The lowest BCUT2D eigenvalue weighted by atomic mass is 9.85. The van der Waals surface area contributed by atoms with Crippen LogP contribution >= 0.6 is 0 Å². The second-order valence-corrected chi connectivity index (χ2v) is 5.24. The van der Waals surface area contributed by atoms with E-state index in [2.05, 4.69) is 16.9 Å². The van der Waals surface area contributed by atoms with Gasteiger partial charge in [-0.3, -0.25) is 16.2 Å². The Morgan fingerprint density at radius 3 is 2.25 bits per heavy atom. The Hall–Kier alpha value is -0.380. The van der Waals surface area contributed by atoms with Crippen molar-refractivity contribution in [3.05, 3.63) is 12.7 Å². The molecule has 1 atom stereocenters. The van der Waals surface area contributed by atoms with Gasteiger partial charge in [0.2, 0.25) is 0 Å². The Balaban J connectivity index is 2.15. The average molecular weight is 223 g/mol. The van der Waals surface area contributed by atoms with Crippen molar-refractivity contribution in [2.45, 2.75) is 56.5 Å². The second kappa shape index (κ2) is 5.30. The number of rotatable bonds is 4. The molecule has 1 saturated heterocycles. The van der Waals surface area contributed by atoms with Crippen molar-refractivity contribution in [1.82, 2.24) is 10.3 Å². The number of piperidine rings is 1. The van der Waals surface area contributed by atoms with Crippen molar-refractivity contribution in [1.29, 1.82) is 0 Å². The van der Waals surface area contributed by atoms with E-state index in [1.807, 2.05) is 6.08 Å². The Morgan fingerprint density at radius 1 is 1.12 bits per heavy atom. The van der Waals surface area contributed by atoms with Gasteiger partial charge < -0.3 is 0 Å². The van der Waals surface area contributed by atoms with E-state index in [1.54, 1.807) is 0 Å². The molecule has 0 amide bonds. The molecule has 1 saturated carbocycles. The molecule has 2 rings (SSSR count). The fourth-order valence-corrected chi connectivity index (χ4v) is 3.59. The maximum Gasteiger partial charge on any atom is 0.0572 e. The highest BCUT2D eigenvalue weighted by Gasteiger charge is 2.44. The van der Waals surface area contributed by atoms with Gasteiger partial charge >= 0.3 is 0 Å². The van der Waals surface area contributed by atoms with E-state index in [0.717, 1.165) is 0 Å². The molecule has 3 heteroatoms. The van der Waals surface area contributed by atoms with Crippen LogP contribution in [0.15, 0.2) is 12.7 Å². The van der Waals surface area contributed by atoms with Crippen LogP contribution in [0.5, 0.6) is 0 Å². The van der Waals surface area contributed by atoms with Gasteiger partial charge in [-0.05, 0) is 38.8 Å². The molecule has 16 heavy (non-hydrogen) atoms. The summed E-state index contributed by atoms with van der Waals surface area (Å²) in [6.07, 6.45) is 11.3. The number of nitrogens with two attached hydrogens (primary N) is 1. The molecular formula is C13H25N3. The standard InChI is InChI=1S/C13H25N3/c1-2-12(15-14)13(8-4-5-9-13)16-10-6-3-7-11-16/h2,12,15H,1,3-11,14H2. The third-order valence-corrected chi connectivity index (χ3v) is 4.45. The molecule has 1 aliphatic carbocycles. The minimum absolute atomic E-state index is 0.244. The van der Waals surface area contributed by atoms with Crippen molar-refractivity contribution in [2.75, 3.05) is 13.1 Å². The van der Waals surface area contributed by atoms with Gasteiger partial charge in [0, 0.05) is 5.54 Å². The van der Waals surface area contributed by atoms with Gasteiger partial charge in [-0.2, -0.15) is 0 Å². The minimum atomic E-state index is 0.244. The Bertz CT molecular complexity index is 227. The summed E-state index contributed by atoms with van der Waals surface area (Å²) < 4.78 is 0. The fourth-order valence-electron chi connectivity index (χ4n) is 3.59. The molecule has 2 aliphatic rings. The molecule has 0 spiro atoms. The van der Waals surface area contributed by atoms with Crippen LogP contribution < -0.4 is 11.3 Å². The molecule has 0 radical (unpaired) electrons. The molecule has 1 aliphatic heterocycles. The smallest absolute Gasteiger partial charge is 0.0572 e. The van der Waals surface area contributed by atoms with E-state index in [0.29, 0.717) is 0 Å². The van der Waals surface area contributed by atoms with Gasteiger partial charge in [0.15, 0.2) is 0 Å². The quantitative estimate of drug-likeness (QED) is 0.434.